The lowest BCUT2D eigenvalue weighted by atomic mass is 10.0. The van der Waals surface area contributed by atoms with E-state index in [1.54, 1.807) is 17.7 Å². The van der Waals surface area contributed by atoms with Crippen LogP contribution in [0.25, 0.3) is 22.0 Å². The van der Waals surface area contributed by atoms with Crippen LogP contribution in [0.15, 0.2) is 77.6 Å². The second-order valence-corrected chi connectivity index (χ2v) is 6.88. The third-order valence-electron chi connectivity index (χ3n) is 5.22. The van der Waals surface area contributed by atoms with Crippen molar-refractivity contribution in [1.82, 2.24) is 4.57 Å². The molecule has 29 heavy (non-hydrogen) atoms. The Bertz CT molecular complexity index is 1280. The van der Waals surface area contributed by atoms with E-state index in [0.29, 0.717) is 12.3 Å². The fraction of sp³-hybridized carbons (Fsp3) is 0.125. The Balaban J connectivity index is 1.68. The van der Waals surface area contributed by atoms with Crippen LogP contribution in [0.1, 0.15) is 5.56 Å². The van der Waals surface area contributed by atoms with E-state index in [1.807, 2.05) is 66.7 Å². The zero-order chi connectivity index (χ0) is 19.8. The van der Waals surface area contributed by atoms with Crippen molar-refractivity contribution in [3.8, 4) is 28.4 Å². The third kappa shape index (κ3) is 3.01. The van der Waals surface area contributed by atoms with Crippen molar-refractivity contribution in [2.45, 2.75) is 6.54 Å². The Labute approximate surface area is 167 Å². The van der Waals surface area contributed by atoms with Crippen LogP contribution < -0.4 is 19.8 Å². The van der Waals surface area contributed by atoms with Crippen LogP contribution in [0.3, 0.4) is 0 Å². The summed E-state index contributed by atoms with van der Waals surface area (Å²) in [6, 6.07) is 23.2. The molecule has 5 rings (SSSR count). The molecule has 4 aromatic rings. The Morgan fingerprint density at radius 3 is 2.62 bits per heavy atom. The number of hydrogen-bond donors (Lipinski definition) is 0. The molecule has 0 bridgehead atoms. The summed E-state index contributed by atoms with van der Waals surface area (Å²) in [5.41, 5.74) is 3.56. The van der Waals surface area contributed by atoms with Gasteiger partial charge in [0.05, 0.1) is 19.2 Å². The van der Waals surface area contributed by atoms with Crippen molar-refractivity contribution in [1.29, 1.82) is 0 Å². The van der Waals surface area contributed by atoms with Crippen molar-refractivity contribution < 1.29 is 14.2 Å². The number of hydrogen-bond acceptors (Lipinski definition) is 4. The molecule has 0 aliphatic carbocycles. The van der Waals surface area contributed by atoms with E-state index < -0.39 is 0 Å². The van der Waals surface area contributed by atoms with Crippen molar-refractivity contribution >= 4 is 10.9 Å². The summed E-state index contributed by atoms with van der Waals surface area (Å²) in [7, 11) is 1.64. The number of nitrogens with zero attached hydrogens (tertiary/aromatic N) is 1. The van der Waals surface area contributed by atoms with Crippen molar-refractivity contribution in [3.05, 3.63) is 88.7 Å². The minimum absolute atomic E-state index is 0.0673. The van der Waals surface area contributed by atoms with E-state index in [9.17, 15) is 4.79 Å². The smallest absolute Gasteiger partial charge is 0.251 e. The standard InChI is InChI=1S/C24H19NO4/c1-27-21-9-5-2-6-17(21)14-25-20-8-4-3-7-18(20)19(13-24(25)26)16-10-11-22-23(12-16)29-15-28-22/h2-13H,14-15H2,1H3. The minimum atomic E-state index is -0.0673. The second-order valence-electron chi connectivity index (χ2n) is 6.88. The van der Waals surface area contributed by atoms with Crippen LogP contribution in [0.5, 0.6) is 17.2 Å². The first-order chi connectivity index (χ1) is 14.2. The van der Waals surface area contributed by atoms with Gasteiger partial charge < -0.3 is 18.8 Å². The van der Waals surface area contributed by atoms with E-state index in [0.717, 1.165) is 39.1 Å². The van der Waals surface area contributed by atoms with Gasteiger partial charge in [-0.3, -0.25) is 4.79 Å². The summed E-state index contributed by atoms with van der Waals surface area (Å²) in [6.07, 6.45) is 0. The summed E-state index contributed by atoms with van der Waals surface area (Å²) in [6.45, 7) is 0.658. The maximum Gasteiger partial charge on any atom is 0.251 e. The predicted octanol–water partition coefficient (Wildman–Crippen LogP) is 4.45. The van der Waals surface area contributed by atoms with Gasteiger partial charge in [-0.25, -0.2) is 0 Å². The number of pyridine rings is 1. The molecule has 0 amide bonds. The molecular weight excluding hydrogens is 366 g/mol. The van der Waals surface area contributed by atoms with Gasteiger partial charge >= 0.3 is 0 Å². The molecule has 5 nitrogen and oxygen atoms in total. The average molecular weight is 385 g/mol. The maximum atomic E-state index is 13.1. The number of methoxy groups -OCH3 is 1. The highest BCUT2D eigenvalue weighted by Gasteiger charge is 2.17. The number of ether oxygens (including phenoxy) is 3. The van der Waals surface area contributed by atoms with Gasteiger partial charge in [0.15, 0.2) is 11.5 Å². The molecule has 2 heterocycles. The van der Waals surface area contributed by atoms with Crippen LogP contribution in [0.2, 0.25) is 0 Å². The van der Waals surface area contributed by atoms with Gasteiger partial charge in [-0.15, -0.1) is 0 Å². The fourth-order valence-corrected chi connectivity index (χ4v) is 3.80. The summed E-state index contributed by atoms with van der Waals surface area (Å²) in [4.78, 5) is 13.1. The summed E-state index contributed by atoms with van der Waals surface area (Å²) in [5, 5.41) is 1.00. The van der Waals surface area contributed by atoms with Crippen molar-refractivity contribution in [2.75, 3.05) is 13.9 Å². The van der Waals surface area contributed by atoms with Crippen LogP contribution in [0.4, 0.5) is 0 Å². The Morgan fingerprint density at radius 2 is 1.72 bits per heavy atom. The molecule has 3 aromatic carbocycles. The molecule has 0 radical (unpaired) electrons. The predicted molar refractivity (Wildman–Crippen MR) is 112 cm³/mol. The van der Waals surface area contributed by atoms with Crippen LogP contribution in [-0.4, -0.2) is 18.5 Å². The minimum Gasteiger partial charge on any atom is -0.496 e. The number of benzene rings is 3. The molecule has 0 N–H and O–H groups in total. The molecule has 1 aromatic heterocycles. The van der Waals surface area contributed by atoms with E-state index in [4.69, 9.17) is 14.2 Å². The highest BCUT2D eigenvalue weighted by atomic mass is 16.7. The largest absolute Gasteiger partial charge is 0.496 e. The van der Waals surface area contributed by atoms with Crippen molar-refractivity contribution in [2.24, 2.45) is 0 Å². The Hall–Kier alpha value is -3.73. The average Bonchev–Trinajstić information content (AvgIpc) is 3.23. The summed E-state index contributed by atoms with van der Waals surface area (Å²) < 4.78 is 18.2. The monoisotopic (exact) mass is 385 g/mol. The zero-order valence-corrected chi connectivity index (χ0v) is 15.9. The van der Waals surface area contributed by atoms with Gasteiger partial charge in [-0.2, -0.15) is 0 Å². The lowest BCUT2D eigenvalue weighted by Crippen LogP contribution is -2.21. The van der Waals surface area contributed by atoms with Crippen LogP contribution in [0, 0.1) is 0 Å². The molecular formula is C24H19NO4. The molecule has 0 saturated heterocycles. The molecule has 0 fully saturated rings. The van der Waals surface area contributed by atoms with Gasteiger partial charge in [0.1, 0.15) is 5.75 Å². The third-order valence-corrected chi connectivity index (χ3v) is 5.22. The first-order valence-corrected chi connectivity index (χ1v) is 9.39. The Kier molecular flexibility index (Phi) is 4.21. The molecule has 0 atom stereocenters. The van der Waals surface area contributed by atoms with Gasteiger partial charge in [-0.05, 0) is 35.4 Å². The van der Waals surface area contributed by atoms with Gasteiger partial charge in [0.2, 0.25) is 6.79 Å². The van der Waals surface area contributed by atoms with Crippen molar-refractivity contribution in [3.63, 3.8) is 0 Å². The highest BCUT2D eigenvalue weighted by molar-refractivity contribution is 5.95. The second kappa shape index (κ2) is 7.02. The summed E-state index contributed by atoms with van der Waals surface area (Å²) in [5.74, 6) is 2.19. The fourth-order valence-electron chi connectivity index (χ4n) is 3.80. The molecule has 0 unspecified atom stereocenters. The van der Waals surface area contributed by atoms with Crippen LogP contribution >= 0.6 is 0 Å². The maximum absolute atomic E-state index is 13.1. The Morgan fingerprint density at radius 1 is 0.931 bits per heavy atom. The van der Waals surface area contributed by atoms with Crippen LogP contribution in [-0.2, 0) is 6.54 Å². The van der Waals surface area contributed by atoms with Gasteiger partial charge in [0.25, 0.3) is 5.56 Å². The molecule has 0 spiro atoms. The first-order valence-electron chi connectivity index (χ1n) is 9.39. The number of rotatable bonds is 4. The number of para-hydroxylation sites is 2. The summed E-state index contributed by atoms with van der Waals surface area (Å²) >= 11 is 0. The highest BCUT2D eigenvalue weighted by Crippen LogP contribution is 2.37. The zero-order valence-electron chi connectivity index (χ0n) is 15.9. The van der Waals surface area contributed by atoms with E-state index in [-0.39, 0.29) is 12.4 Å². The topological polar surface area (TPSA) is 49.7 Å². The first kappa shape index (κ1) is 17.4. The van der Waals surface area contributed by atoms with E-state index in [1.165, 1.54) is 0 Å². The normalized spacial score (nSPS) is 12.3. The SMILES string of the molecule is COc1ccccc1Cn1c(=O)cc(-c2ccc3c(c2)OCO3)c2ccccc21. The van der Waals surface area contributed by atoms with E-state index in [2.05, 4.69) is 0 Å². The quantitative estimate of drug-likeness (QED) is 0.521. The lowest BCUT2D eigenvalue weighted by Gasteiger charge is -2.15. The molecule has 144 valence electrons. The molecule has 5 heteroatoms. The van der Waals surface area contributed by atoms with Gasteiger partial charge in [-0.1, -0.05) is 42.5 Å². The molecule has 1 aliphatic rings. The lowest BCUT2D eigenvalue weighted by molar-refractivity contribution is 0.174. The molecule has 1 aliphatic heterocycles. The van der Waals surface area contributed by atoms with E-state index >= 15 is 0 Å². The number of fused-ring (bicyclic) bond motifs is 2. The van der Waals surface area contributed by atoms with Gasteiger partial charge in [0, 0.05) is 17.0 Å². The number of aromatic nitrogens is 1. The molecule has 0 saturated carbocycles.